The number of rotatable bonds is 6. The number of carboxylic acids is 1. The Morgan fingerprint density at radius 2 is 2.15 bits per heavy atom. The highest BCUT2D eigenvalue weighted by Gasteiger charge is 2.04. The minimum absolute atomic E-state index is 0.0960. The van der Waals surface area contributed by atoms with Crippen molar-refractivity contribution in [2.45, 2.75) is 19.4 Å². The van der Waals surface area contributed by atoms with E-state index in [2.05, 4.69) is 16.4 Å². The molecule has 2 N–H and O–H groups in total. The number of hydrogen-bond acceptors (Lipinski definition) is 5. The number of nitrogens with one attached hydrogen (secondary N) is 1. The zero-order valence-electron chi connectivity index (χ0n) is 10.7. The first-order valence-electron chi connectivity index (χ1n) is 6.06. The van der Waals surface area contributed by atoms with Gasteiger partial charge < -0.3 is 10.4 Å². The van der Waals surface area contributed by atoms with Crippen LogP contribution in [0.3, 0.4) is 0 Å². The van der Waals surface area contributed by atoms with E-state index < -0.39 is 5.97 Å². The Morgan fingerprint density at radius 1 is 1.40 bits per heavy atom. The largest absolute Gasteiger partial charge is 0.481 e. The molecule has 1 aromatic heterocycles. The fourth-order valence-electron chi connectivity index (χ4n) is 1.61. The van der Waals surface area contributed by atoms with Gasteiger partial charge in [-0.25, -0.2) is 4.98 Å². The van der Waals surface area contributed by atoms with Gasteiger partial charge in [0, 0.05) is 18.3 Å². The number of carboxylic acid groups (broad SMARTS) is 1. The first kappa shape index (κ1) is 14.0. The molecule has 0 radical (unpaired) electrons. The van der Waals surface area contributed by atoms with Crippen LogP contribution in [0.15, 0.2) is 29.6 Å². The molecule has 0 unspecified atom stereocenters. The highest BCUT2D eigenvalue weighted by atomic mass is 32.1. The minimum Gasteiger partial charge on any atom is -0.481 e. The standard InChI is InChI=1S/C14H13N3O2S/c15-7-10-1-3-11(4-2-10)8-16-14-17-12(9-20-14)5-6-13(18)19/h1-4,9H,5-6,8H2,(H,16,17)(H,18,19). The Morgan fingerprint density at radius 3 is 2.80 bits per heavy atom. The summed E-state index contributed by atoms with van der Waals surface area (Å²) in [7, 11) is 0. The van der Waals surface area contributed by atoms with Crippen molar-refractivity contribution < 1.29 is 9.90 Å². The second-order valence-corrected chi connectivity index (χ2v) is 5.06. The van der Waals surface area contributed by atoms with Crippen LogP contribution in [0.2, 0.25) is 0 Å². The number of nitriles is 1. The monoisotopic (exact) mass is 287 g/mol. The Balaban J connectivity index is 1.87. The predicted molar refractivity (Wildman–Crippen MR) is 76.6 cm³/mol. The Labute approximate surface area is 120 Å². The van der Waals surface area contributed by atoms with E-state index in [0.717, 1.165) is 16.4 Å². The molecular formula is C14H13N3O2S. The van der Waals surface area contributed by atoms with Crippen LogP contribution in [0.1, 0.15) is 23.2 Å². The van der Waals surface area contributed by atoms with Crippen molar-refractivity contribution >= 4 is 22.4 Å². The fraction of sp³-hybridized carbons (Fsp3) is 0.214. The van der Waals surface area contributed by atoms with Crippen LogP contribution in [0.5, 0.6) is 0 Å². The number of anilines is 1. The summed E-state index contributed by atoms with van der Waals surface area (Å²) < 4.78 is 0. The molecule has 0 atom stereocenters. The minimum atomic E-state index is -0.815. The van der Waals surface area contributed by atoms with Gasteiger partial charge in [-0.2, -0.15) is 5.26 Å². The molecule has 5 nitrogen and oxygen atoms in total. The maximum Gasteiger partial charge on any atom is 0.303 e. The molecule has 0 amide bonds. The van der Waals surface area contributed by atoms with Crippen molar-refractivity contribution in [3.8, 4) is 6.07 Å². The Hall–Kier alpha value is -2.39. The molecule has 0 aliphatic carbocycles. The molecule has 0 saturated carbocycles. The summed E-state index contributed by atoms with van der Waals surface area (Å²) in [6.45, 7) is 0.623. The van der Waals surface area contributed by atoms with E-state index in [0.29, 0.717) is 18.5 Å². The van der Waals surface area contributed by atoms with E-state index in [9.17, 15) is 4.79 Å². The number of benzene rings is 1. The van der Waals surface area contributed by atoms with Crippen molar-refractivity contribution in [3.05, 3.63) is 46.5 Å². The molecule has 1 heterocycles. The number of aromatic nitrogens is 1. The number of carbonyl (C=O) groups is 1. The number of aliphatic carboxylic acids is 1. The number of hydrogen-bond donors (Lipinski definition) is 2. The third kappa shape index (κ3) is 4.07. The van der Waals surface area contributed by atoms with Gasteiger partial charge >= 0.3 is 5.97 Å². The molecule has 0 aliphatic heterocycles. The Kier molecular flexibility index (Phi) is 4.69. The lowest BCUT2D eigenvalue weighted by molar-refractivity contribution is -0.136. The van der Waals surface area contributed by atoms with Crippen molar-refractivity contribution in [1.29, 1.82) is 5.26 Å². The topological polar surface area (TPSA) is 86.0 Å². The number of thiazole rings is 1. The molecule has 1 aromatic carbocycles. The van der Waals surface area contributed by atoms with Gasteiger partial charge in [0.1, 0.15) is 0 Å². The van der Waals surface area contributed by atoms with Gasteiger partial charge in [0.25, 0.3) is 0 Å². The lowest BCUT2D eigenvalue weighted by Crippen LogP contribution is -2.00. The smallest absolute Gasteiger partial charge is 0.303 e. The van der Waals surface area contributed by atoms with Crippen LogP contribution in [0, 0.1) is 11.3 Å². The highest BCUT2D eigenvalue weighted by Crippen LogP contribution is 2.17. The summed E-state index contributed by atoms with van der Waals surface area (Å²) in [5.74, 6) is -0.815. The van der Waals surface area contributed by atoms with E-state index in [4.69, 9.17) is 10.4 Å². The van der Waals surface area contributed by atoms with Gasteiger partial charge in [-0.3, -0.25) is 4.79 Å². The molecule has 0 saturated heterocycles. The van der Waals surface area contributed by atoms with E-state index in [1.807, 2.05) is 17.5 Å². The zero-order chi connectivity index (χ0) is 14.4. The van der Waals surface area contributed by atoms with Crippen LogP contribution in [-0.4, -0.2) is 16.1 Å². The molecule has 0 aliphatic rings. The normalized spacial score (nSPS) is 9.95. The first-order chi connectivity index (χ1) is 9.67. The Bertz CT molecular complexity index is 629. The fourth-order valence-corrected chi connectivity index (χ4v) is 2.36. The SMILES string of the molecule is N#Cc1ccc(CNc2nc(CCC(=O)O)cs2)cc1. The van der Waals surface area contributed by atoms with Gasteiger partial charge in [0.2, 0.25) is 0 Å². The van der Waals surface area contributed by atoms with Gasteiger partial charge in [0.05, 0.1) is 23.7 Å². The van der Waals surface area contributed by atoms with E-state index >= 15 is 0 Å². The molecule has 6 heteroatoms. The van der Waals surface area contributed by atoms with Crippen molar-refractivity contribution in [2.75, 3.05) is 5.32 Å². The number of aryl methyl sites for hydroxylation is 1. The average molecular weight is 287 g/mol. The van der Waals surface area contributed by atoms with Crippen molar-refractivity contribution in [1.82, 2.24) is 4.98 Å². The van der Waals surface area contributed by atoms with Crippen molar-refractivity contribution in [3.63, 3.8) is 0 Å². The quantitative estimate of drug-likeness (QED) is 0.853. The third-order valence-corrected chi connectivity index (χ3v) is 3.52. The van der Waals surface area contributed by atoms with Crippen LogP contribution < -0.4 is 5.32 Å². The maximum atomic E-state index is 10.5. The molecule has 102 valence electrons. The maximum absolute atomic E-state index is 10.5. The lowest BCUT2D eigenvalue weighted by atomic mass is 10.1. The van der Waals surface area contributed by atoms with E-state index in [1.165, 1.54) is 11.3 Å². The van der Waals surface area contributed by atoms with Crippen LogP contribution in [0.25, 0.3) is 0 Å². The number of nitrogens with zero attached hydrogens (tertiary/aromatic N) is 2. The van der Waals surface area contributed by atoms with Crippen LogP contribution >= 0.6 is 11.3 Å². The molecule has 0 fully saturated rings. The van der Waals surface area contributed by atoms with Crippen LogP contribution in [0.4, 0.5) is 5.13 Å². The second-order valence-electron chi connectivity index (χ2n) is 4.20. The van der Waals surface area contributed by atoms with Gasteiger partial charge in [-0.15, -0.1) is 11.3 Å². The highest BCUT2D eigenvalue weighted by molar-refractivity contribution is 7.13. The predicted octanol–water partition coefficient (Wildman–Crippen LogP) is 2.64. The van der Waals surface area contributed by atoms with Gasteiger partial charge in [0.15, 0.2) is 5.13 Å². The molecule has 0 bridgehead atoms. The second kappa shape index (κ2) is 6.68. The summed E-state index contributed by atoms with van der Waals surface area (Å²) in [5, 5.41) is 23.1. The summed E-state index contributed by atoms with van der Waals surface area (Å²) in [6.07, 6.45) is 0.545. The molecular weight excluding hydrogens is 274 g/mol. The zero-order valence-corrected chi connectivity index (χ0v) is 11.5. The van der Waals surface area contributed by atoms with E-state index in [1.54, 1.807) is 12.1 Å². The summed E-state index contributed by atoms with van der Waals surface area (Å²) >= 11 is 1.46. The molecule has 20 heavy (non-hydrogen) atoms. The van der Waals surface area contributed by atoms with Crippen molar-refractivity contribution in [2.24, 2.45) is 0 Å². The molecule has 2 rings (SSSR count). The summed E-state index contributed by atoms with van der Waals surface area (Å²) in [5.41, 5.74) is 2.49. The first-order valence-corrected chi connectivity index (χ1v) is 6.94. The summed E-state index contributed by atoms with van der Waals surface area (Å²) in [4.78, 5) is 14.8. The van der Waals surface area contributed by atoms with Gasteiger partial charge in [-0.05, 0) is 17.7 Å². The van der Waals surface area contributed by atoms with Crippen LogP contribution in [-0.2, 0) is 17.8 Å². The van der Waals surface area contributed by atoms with Gasteiger partial charge in [-0.1, -0.05) is 12.1 Å². The lowest BCUT2D eigenvalue weighted by Gasteiger charge is -2.02. The van der Waals surface area contributed by atoms with E-state index in [-0.39, 0.29) is 6.42 Å². The molecule has 0 spiro atoms. The molecule has 2 aromatic rings. The third-order valence-electron chi connectivity index (χ3n) is 2.67. The summed E-state index contributed by atoms with van der Waals surface area (Å²) in [6, 6.07) is 9.41. The average Bonchev–Trinajstić information content (AvgIpc) is 2.91.